The van der Waals surface area contributed by atoms with Crippen LogP contribution in [0.25, 0.3) is 16.6 Å². The highest BCUT2D eigenvalue weighted by Gasteiger charge is 2.16. The van der Waals surface area contributed by atoms with E-state index in [2.05, 4.69) is 0 Å². The number of carboxylic acids is 1. The van der Waals surface area contributed by atoms with Gasteiger partial charge in [-0.15, -0.1) is 0 Å². The molecule has 0 aliphatic rings. The van der Waals surface area contributed by atoms with Gasteiger partial charge >= 0.3 is 5.97 Å². The maximum Gasteiger partial charge on any atom is 0.335 e. The molecule has 140 valence electrons. The van der Waals surface area contributed by atoms with Crippen LogP contribution >= 0.6 is 11.6 Å². The zero-order valence-corrected chi connectivity index (χ0v) is 15.9. The SMILES string of the molecule is Cc1cccc(Cl)c1Cc1cn(-c2ccc(C(=O)O)cc2)c2c(F)cccc12. The number of fused-ring (bicyclic) bond motifs is 1. The molecule has 3 aromatic carbocycles. The molecule has 1 heterocycles. The molecular formula is C23H17ClFNO2. The fraction of sp³-hybridized carbons (Fsp3) is 0.0870. The summed E-state index contributed by atoms with van der Waals surface area (Å²) in [6.45, 7) is 2.01. The number of carbonyl (C=O) groups is 1. The smallest absolute Gasteiger partial charge is 0.335 e. The predicted octanol–water partition coefficient (Wildman–Crippen LogP) is 6.02. The molecule has 0 atom stereocenters. The van der Waals surface area contributed by atoms with Gasteiger partial charge in [0.25, 0.3) is 0 Å². The van der Waals surface area contributed by atoms with Crippen molar-refractivity contribution in [1.82, 2.24) is 4.57 Å². The summed E-state index contributed by atoms with van der Waals surface area (Å²) in [5.74, 6) is -1.33. The van der Waals surface area contributed by atoms with Crippen molar-refractivity contribution in [3.05, 3.63) is 100.0 Å². The second-order valence-electron chi connectivity index (χ2n) is 6.72. The van der Waals surface area contributed by atoms with Gasteiger partial charge in [-0.05, 0) is 60.0 Å². The lowest BCUT2D eigenvalue weighted by Gasteiger charge is -2.07. The largest absolute Gasteiger partial charge is 0.478 e. The van der Waals surface area contributed by atoms with E-state index in [1.807, 2.05) is 37.4 Å². The van der Waals surface area contributed by atoms with E-state index in [0.717, 1.165) is 22.1 Å². The quantitative estimate of drug-likeness (QED) is 0.460. The number of carboxylic acid groups (broad SMARTS) is 1. The second-order valence-corrected chi connectivity index (χ2v) is 7.13. The molecule has 0 saturated heterocycles. The molecule has 1 aromatic heterocycles. The third-order valence-electron chi connectivity index (χ3n) is 4.97. The van der Waals surface area contributed by atoms with Crippen molar-refractivity contribution in [1.29, 1.82) is 0 Å². The Morgan fingerprint density at radius 2 is 1.79 bits per heavy atom. The summed E-state index contributed by atoms with van der Waals surface area (Å²) in [5.41, 5.74) is 4.39. The van der Waals surface area contributed by atoms with Crippen molar-refractivity contribution in [2.24, 2.45) is 0 Å². The number of aryl methyl sites for hydroxylation is 1. The molecule has 0 spiro atoms. The molecule has 1 N–H and O–H groups in total. The monoisotopic (exact) mass is 393 g/mol. The van der Waals surface area contributed by atoms with E-state index in [0.29, 0.717) is 22.6 Å². The predicted molar refractivity (Wildman–Crippen MR) is 109 cm³/mol. The van der Waals surface area contributed by atoms with Crippen molar-refractivity contribution in [2.45, 2.75) is 13.3 Å². The minimum Gasteiger partial charge on any atom is -0.478 e. The zero-order chi connectivity index (χ0) is 19.8. The van der Waals surface area contributed by atoms with Crippen LogP contribution in [-0.2, 0) is 6.42 Å². The van der Waals surface area contributed by atoms with E-state index in [1.165, 1.54) is 18.2 Å². The first-order valence-corrected chi connectivity index (χ1v) is 9.19. The van der Waals surface area contributed by atoms with Gasteiger partial charge in [-0.3, -0.25) is 0 Å². The van der Waals surface area contributed by atoms with Crippen LogP contribution in [0, 0.1) is 12.7 Å². The lowest BCUT2D eigenvalue weighted by atomic mass is 10.00. The summed E-state index contributed by atoms with van der Waals surface area (Å²) < 4.78 is 16.5. The van der Waals surface area contributed by atoms with Crippen molar-refractivity contribution in [3.8, 4) is 5.69 Å². The molecule has 0 aliphatic carbocycles. The minimum atomic E-state index is -0.995. The molecule has 4 rings (SSSR count). The highest BCUT2D eigenvalue weighted by Crippen LogP contribution is 2.31. The van der Waals surface area contributed by atoms with Crippen molar-refractivity contribution in [3.63, 3.8) is 0 Å². The van der Waals surface area contributed by atoms with Crippen molar-refractivity contribution < 1.29 is 14.3 Å². The van der Waals surface area contributed by atoms with Crippen molar-refractivity contribution >= 4 is 28.5 Å². The van der Waals surface area contributed by atoms with E-state index in [9.17, 15) is 9.18 Å². The van der Waals surface area contributed by atoms with Crippen LogP contribution in [0.5, 0.6) is 0 Å². The molecule has 0 fully saturated rings. The first kappa shape index (κ1) is 18.3. The molecule has 0 aliphatic heterocycles. The Bertz CT molecular complexity index is 1180. The number of hydrogen-bond donors (Lipinski definition) is 1. The van der Waals surface area contributed by atoms with Crippen LogP contribution in [0.15, 0.2) is 66.9 Å². The lowest BCUT2D eigenvalue weighted by molar-refractivity contribution is 0.0697. The summed E-state index contributed by atoms with van der Waals surface area (Å²) >= 11 is 6.40. The minimum absolute atomic E-state index is 0.188. The van der Waals surface area contributed by atoms with Gasteiger partial charge in [0.05, 0.1) is 11.1 Å². The van der Waals surface area contributed by atoms with E-state index in [1.54, 1.807) is 22.8 Å². The normalized spacial score (nSPS) is 11.1. The summed E-state index contributed by atoms with van der Waals surface area (Å²) in [5, 5.41) is 10.6. The molecule has 3 nitrogen and oxygen atoms in total. The standard InChI is InChI=1S/C23H17ClFNO2/c1-14-4-2-6-20(24)19(14)12-16-13-26(22-18(16)5-3-7-21(22)25)17-10-8-15(9-11-17)23(27)28/h2-11,13H,12H2,1H3,(H,27,28). The Morgan fingerprint density at radius 3 is 2.46 bits per heavy atom. The van der Waals surface area contributed by atoms with E-state index < -0.39 is 5.97 Å². The summed E-state index contributed by atoms with van der Waals surface area (Å²) in [6.07, 6.45) is 2.47. The fourth-order valence-electron chi connectivity index (χ4n) is 3.50. The van der Waals surface area contributed by atoms with Crippen LogP contribution in [-0.4, -0.2) is 15.6 Å². The van der Waals surface area contributed by atoms with Crippen LogP contribution in [0.3, 0.4) is 0 Å². The molecule has 4 aromatic rings. The fourth-order valence-corrected chi connectivity index (χ4v) is 3.79. The Balaban J connectivity index is 1.88. The number of aromatic carboxylic acids is 1. The summed E-state index contributed by atoms with van der Waals surface area (Å²) in [4.78, 5) is 11.1. The van der Waals surface area contributed by atoms with Crippen LogP contribution < -0.4 is 0 Å². The molecule has 0 bridgehead atoms. The van der Waals surface area contributed by atoms with Gasteiger partial charge in [-0.25, -0.2) is 9.18 Å². The molecule has 0 saturated carbocycles. The van der Waals surface area contributed by atoms with E-state index in [4.69, 9.17) is 16.7 Å². The van der Waals surface area contributed by atoms with Crippen LogP contribution in [0.4, 0.5) is 4.39 Å². The first-order chi connectivity index (χ1) is 13.5. The third-order valence-corrected chi connectivity index (χ3v) is 5.33. The summed E-state index contributed by atoms with van der Waals surface area (Å²) in [7, 11) is 0. The Labute approximate surface area is 166 Å². The molecule has 0 radical (unpaired) electrons. The van der Waals surface area contributed by atoms with Crippen molar-refractivity contribution in [2.75, 3.05) is 0 Å². The molecule has 0 unspecified atom stereocenters. The maximum absolute atomic E-state index is 14.7. The highest BCUT2D eigenvalue weighted by atomic mass is 35.5. The van der Waals surface area contributed by atoms with Gasteiger partial charge < -0.3 is 9.67 Å². The topological polar surface area (TPSA) is 42.2 Å². The Morgan fingerprint density at radius 1 is 1.07 bits per heavy atom. The summed E-state index contributed by atoms with van der Waals surface area (Å²) in [6, 6.07) is 17.2. The number of hydrogen-bond acceptors (Lipinski definition) is 1. The first-order valence-electron chi connectivity index (χ1n) is 8.82. The number of benzene rings is 3. The number of halogens is 2. The third kappa shape index (κ3) is 3.16. The number of para-hydroxylation sites is 1. The second kappa shape index (κ2) is 7.13. The van der Waals surface area contributed by atoms with Gasteiger partial charge in [0.1, 0.15) is 5.82 Å². The molecule has 5 heteroatoms. The zero-order valence-electron chi connectivity index (χ0n) is 15.1. The Kier molecular flexibility index (Phi) is 4.65. The number of nitrogens with zero attached hydrogens (tertiary/aromatic N) is 1. The van der Waals surface area contributed by atoms with Gasteiger partial charge in [-0.2, -0.15) is 0 Å². The van der Waals surface area contributed by atoms with E-state index >= 15 is 0 Å². The Hall–Kier alpha value is -3.11. The van der Waals surface area contributed by atoms with Crippen LogP contribution in [0.2, 0.25) is 5.02 Å². The lowest BCUT2D eigenvalue weighted by Crippen LogP contribution is -1.98. The average molecular weight is 394 g/mol. The highest BCUT2D eigenvalue weighted by molar-refractivity contribution is 6.31. The molecule has 28 heavy (non-hydrogen) atoms. The average Bonchev–Trinajstić information content (AvgIpc) is 3.05. The van der Waals surface area contributed by atoms with Gasteiger partial charge in [0.2, 0.25) is 0 Å². The van der Waals surface area contributed by atoms with Gasteiger partial charge in [0.15, 0.2) is 0 Å². The maximum atomic E-state index is 14.7. The van der Waals surface area contributed by atoms with Gasteiger partial charge in [0, 0.05) is 28.7 Å². The van der Waals surface area contributed by atoms with E-state index in [-0.39, 0.29) is 11.4 Å². The van der Waals surface area contributed by atoms with Gasteiger partial charge in [-0.1, -0.05) is 35.9 Å². The van der Waals surface area contributed by atoms with Crippen LogP contribution in [0.1, 0.15) is 27.0 Å². The number of aromatic nitrogens is 1. The molecular weight excluding hydrogens is 377 g/mol. The molecule has 0 amide bonds. The number of rotatable bonds is 4.